The summed E-state index contributed by atoms with van der Waals surface area (Å²) in [5.41, 5.74) is 4.88. The van der Waals surface area contributed by atoms with E-state index in [1.165, 1.54) is 0 Å². The lowest BCUT2D eigenvalue weighted by Crippen LogP contribution is -2.16. The number of rotatable bonds is 4. The predicted molar refractivity (Wildman–Crippen MR) is 93.0 cm³/mol. The fourth-order valence-corrected chi connectivity index (χ4v) is 2.47. The van der Waals surface area contributed by atoms with Crippen molar-refractivity contribution in [3.05, 3.63) is 76.4 Å². The van der Waals surface area contributed by atoms with Crippen molar-refractivity contribution < 1.29 is 4.79 Å². The van der Waals surface area contributed by atoms with Crippen molar-refractivity contribution in [1.29, 1.82) is 5.26 Å². The van der Waals surface area contributed by atoms with Crippen molar-refractivity contribution in [2.75, 3.05) is 5.32 Å². The topological polar surface area (TPSA) is 52.9 Å². The Hall–Kier alpha value is -2.86. The number of carbonyl (C=O) groups excluding carboxylic acids is 1. The molecule has 3 nitrogen and oxygen atoms in total. The molecular formula is C20H20N2O. The van der Waals surface area contributed by atoms with E-state index in [1.807, 2.05) is 75.4 Å². The molecule has 0 atom stereocenters. The second-order valence-electron chi connectivity index (χ2n) is 5.70. The summed E-state index contributed by atoms with van der Waals surface area (Å²) < 4.78 is 0. The molecule has 23 heavy (non-hydrogen) atoms. The first-order valence-electron chi connectivity index (χ1n) is 7.53. The van der Waals surface area contributed by atoms with E-state index in [4.69, 9.17) is 0 Å². The molecular weight excluding hydrogens is 284 g/mol. The molecule has 1 amide bonds. The van der Waals surface area contributed by atoms with E-state index in [1.54, 1.807) is 0 Å². The Morgan fingerprint density at radius 1 is 1.13 bits per heavy atom. The van der Waals surface area contributed by atoms with E-state index in [0.717, 1.165) is 28.0 Å². The molecule has 2 aromatic rings. The van der Waals surface area contributed by atoms with E-state index < -0.39 is 0 Å². The first kappa shape index (κ1) is 16.5. The van der Waals surface area contributed by atoms with Crippen LogP contribution in [0.25, 0.3) is 0 Å². The van der Waals surface area contributed by atoms with Gasteiger partial charge in [-0.3, -0.25) is 4.79 Å². The van der Waals surface area contributed by atoms with Gasteiger partial charge in [-0.05, 0) is 50.0 Å². The first-order chi connectivity index (χ1) is 11.0. The maximum Gasteiger partial charge on any atom is 0.266 e. The van der Waals surface area contributed by atoms with Crippen LogP contribution in [0.3, 0.4) is 0 Å². The van der Waals surface area contributed by atoms with Gasteiger partial charge in [0.05, 0.1) is 0 Å². The highest BCUT2D eigenvalue weighted by molar-refractivity contribution is 6.07. The Morgan fingerprint density at radius 3 is 2.43 bits per heavy atom. The molecule has 0 saturated heterocycles. The van der Waals surface area contributed by atoms with Gasteiger partial charge in [-0.2, -0.15) is 5.26 Å². The molecule has 0 aliphatic heterocycles. The normalized spacial score (nSPS) is 11.4. The summed E-state index contributed by atoms with van der Waals surface area (Å²) in [6.07, 6.45) is 0.587. The molecule has 0 saturated carbocycles. The monoisotopic (exact) mass is 304 g/mol. The number of anilines is 1. The summed E-state index contributed by atoms with van der Waals surface area (Å²) in [5, 5.41) is 12.2. The van der Waals surface area contributed by atoms with Crippen molar-refractivity contribution in [2.45, 2.75) is 27.2 Å². The maximum absolute atomic E-state index is 12.4. The van der Waals surface area contributed by atoms with Crippen molar-refractivity contribution >= 4 is 11.6 Å². The van der Waals surface area contributed by atoms with Crippen LogP contribution < -0.4 is 5.32 Å². The molecule has 1 N–H and O–H groups in total. The smallest absolute Gasteiger partial charge is 0.266 e. The Bertz CT molecular complexity index is 783. The Labute approximate surface area is 137 Å². The van der Waals surface area contributed by atoms with Gasteiger partial charge in [0.2, 0.25) is 0 Å². The maximum atomic E-state index is 12.4. The van der Waals surface area contributed by atoms with Gasteiger partial charge in [-0.25, -0.2) is 0 Å². The number of carbonyl (C=O) groups is 1. The minimum atomic E-state index is -0.354. The van der Waals surface area contributed by atoms with Crippen molar-refractivity contribution in [3.8, 4) is 6.07 Å². The summed E-state index contributed by atoms with van der Waals surface area (Å²) in [6.45, 7) is 5.77. The molecule has 2 aromatic carbocycles. The highest BCUT2D eigenvalue weighted by Gasteiger charge is 2.14. The summed E-state index contributed by atoms with van der Waals surface area (Å²) >= 11 is 0. The largest absolute Gasteiger partial charge is 0.321 e. The zero-order chi connectivity index (χ0) is 16.8. The van der Waals surface area contributed by atoms with Crippen LogP contribution in [0.1, 0.15) is 23.6 Å². The summed E-state index contributed by atoms with van der Waals surface area (Å²) in [4.78, 5) is 12.4. The van der Waals surface area contributed by atoms with Gasteiger partial charge < -0.3 is 5.32 Å². The minimum Gasteiger partial charge on any atom is -0.321 e. The quantitative estimate of drug-likeness (QED) is 0.675. The van der Waals surface area contributed by atoms with Crippen LogP contribution in [0.5, 0.6) is 0 Å². The van der Waals surface area contributed by atoms with Crippen LogP contribution in [0, 0.1) is 25.2 Å². The highest BCUT2D eigenvalue weighted by Crippen LogP contribution is 2.18. The summed E-state index contributed by atoms with van der Waals surface area (Å²) in [5.74, 6) is -0.354. The lowest BCUT2D eigenvalue weighted by Gasteiger charge is -2.10. The molecule has 0 radical (unpaired) electrons. The average molecular weight is 304 g/mol. The molecule has 3 heteroatoms. The fourth-order valence-electron chi connectivity index (χ4n) is 2.47. The molecule has 0 bridgehead atoms. The van der Waals surface area contributed by atoms with Gasteiger partial charge in [0, 0.05) is 5.69 Å². The molecule has 0 spiro atoms. The molecule has 0 aromatic heterocycles. The molecule has 0 aliphatic rings. The van der Waals surface area contributed by atoms with Crippen LogP contribution >= 0.6 is 0 Å². The summed E-state index contributed by atoms with van der Waals surface area (Å²) in [6, 6.07) is 17.7. The number of amides is 1. The molecule has 0 heterocycles. The Balaban J connectivity index is 2.21. The van der Waals surface area contributed by atoms with Gasteiger partial charge >= 0.3 is 0 Å². The van der Waals surface area contributed by atoms with Crippen LogP contribution in [-0.4, -0.2) is 5.91 Å². The van der Waals surface area contributed by atoms with Gasteiger partial charge in [0.15, 0.2) is 0 Å². The number of nitrogens with zero attached hydrogens (tertiary/aromatic N) is 1. The van der Waals surface area contributed by atoms with Crippen LogP contribution in [0.4, 0.5) is 5.69 Å². The van der Waals surface area contributed by atoms with E-state index in [0.29, 0.717) is 6.42 Å². The SMILES string of the molecule is CC(Cc1ccccc1)=C(C#N)C(=O)Nc1ccc(C)cc1C. The Morgan fingerprint density at radius 2 is 1.83 bits per heavy atom. The zero-order valence-corrected chi connectivity index (χ0v) is 13.7. The van der Waals surface area contributed by atoms with E-state index in [-0.39, 0.29) is 11.5 Å². The molecule has 2 rings (SSSR count). The van der Waals surface area contributed by atoms with Crippen LogP contribution in [-0.2, 0) is 11.2 Å². The van der Waals surface area contributed by atoms with Crippen molar-refractivity contribution in [2.24, 2.45) is 0 Å². The number of nitriles is 1. The van der Waals surface area contributed by atoms with Gasteiger partial charge in [-0.15, -0.1) is 0 Å². The molecule has 116 valence electrons. The third-order valence-corrected chi connectivity index (χ3v) is 3.71. The fraction of sp³-hybridized carbons (Fsp3) is 0.200. The zero-order valence-electron chi connectivity index (χ0n) is 13.7. The van der Waals surface area contributed by atoms with Gasteiger partial charge in [0.1, 0.15) is 11.6 Å². The number of benzene rings is 2. The first-order valence-corrected chi connectivity index (χ1v) is 7.53. The molecule has 0 aliphatic carbocycles. The number of nitrogens with one attached hydrogen (secondary N) is 1. The van der Waals surface area contributed by atoms with Crippen LogP contribution in [0.15, 0.2) is 59.7 Å². The van der Waals surface area contributed by atoms with Gasteiger partial charge in [0.25, 0.3) is 5.91 Å². The second-order valence-corrected chi connectivity index (χ2v) is 5.70. The number of hydrogen-bond acceptors (Lipinski definition) is 2. The minimum absolute atomic E-state index is 0.175. The number of hydrogen-bond donors (Lipinski definition) is 1. The number of allylic oxidation sites excluding steroid dienone is 1. The van der Waals surface area contributed by atoms with Gasteiger partial charge in [-0.1, -0.05) is 48.0 Å². The lowest BCUT2D eigenvalue weighted by atomic mass is 10.0. The standard InChI is InChI=1S/C20H20N2O/c1-14-9-10-19(16(3)11-14)22-20(23)18(13-21)15(2)12-17-7-5-4-6-8-17/h4-11H,12H2,1-3H3,(H,22,23). The lowest BCUT2D eigenvalue weighted by molar-refractivity contribution is -0.112. The van der Waals surface area contributed by atoms with Crippen LogP contribution in [0.2, 0.25) is 0 Å². The van der Waals surface area contributed by atoms with Crippen molar-refractivity contribution in [3.63, 3.8) is 0 Å². The van der Waals surface area contributed by atoms with Crippen molar-refractivity contribution in [1.82, 2.24) is 0 Å². The third-order valence-electron chi connectivity index (χ3n) is 3.71. The third kappa shape index (κ3) is 4.31. The van der Waals surface area contributed by atoms with E-state index in [2.05, 4.69) is 5.32 Å². The molecule has 0 fully saturated rings. The highest BCUT2D eigenvalue weighted by atomic mass is 16.1. The van der Waals surface area contributed by atoms with E-state index >= 15 is 0 Å². The Kier molecular flexibility index (Phi) is 5.32. The van der Waals surface area contributed by atoms with E-state index in [9.17, 15) is 10.1 Å². The predicted octanol–water partition coefficient (Wildman–Crippen LogP) is 4.32. The average Bonchev–Trinajstić information content (AvgIpc) is 2.52. The molecule has 0 unspecified atom stereocenters. The second kappa shape index (κ2) is 7.42. The number of aryl methyl sites for hydroxylation is 2. The summed E-state index contributed by atoms with van der Waals surface area (Å²) in [7, 11) is 0.